The SMILES string of the molecule is CCCCCSc1ccccc1Cl. The van der Waals surface area contributed by atoms with Gasteiger partial charge >= 0.3 is 0 Å². The lowest BCUT2D eigenvalue weighted by Gasteiger charge is -2.02. The van der Waals surface area contributed by atoms with Crippen molar-refractivity contribution in [3.8, 4) is 0 Å². The molecule has 0 heterocycles. The van der Waals surface area contributed by atoms with Gasteiger partial charge < -0.3 is 0 Å². The summed E-state index contributed by atoms with van der Waals surface area (Å²) < 4.78 is 0. The Labute approximate surface area is 89.7 Å². The van der Waals surface area contributed by atoms with Gasteiger partial charge in [-0.15, -0.1) is 11.8 Å². The lowest BCUT2D eigenvalue weighted by atomic mass is 10.3. The van der Waals surface area contributed by atoms with E-state index in [1.807, 2.05) is 30.0 Å². The van der Waals surface area contributed by atoms with Gasteiger partial charge in [-0.25, -0.2) is 0 Å². The van der Waals surface area contributed by atoms with Crippen LogP contribution in [-0.2, 0) is 0 Å². The van der Waals surface area contributed by atoms with Gasteiger partial charge in [-0.05, 0) is 24.3 Å². The summed E-state index contributed by atoms with van der Waals surface area (Å²) >= 11 is 7.87. The van der Waals surface area contributed by atoms with Crippen LogP contribution in [0.3, 0.4) is 0 Å². The highest BCUT2D eigenvalue weighted by Crippen LogP contribution is 2.27. The van der Waals surface area contributed by atoms with Crippen molar-refractivity contribution in [1.82, 2.24) is 0 Å². The molecule has 0 fully saturated rings. The molecular formula is C11H15ClS. The Morgan fingerprint density at radius 2 is 2.00 bits per heavy atom. The summed E-state index contributed by atoms with van der Waals surface area (Å²) in [6, 6.07) is 8.04. The summed E-state index contributed by atoms with van der Waals surface area (Å²) in [5.41, 5.74) is 0. The molecule has 0 atom stereocenters. The minimum absolute atomic E-state index is 0.879. The molecule has 72 valence electrons. The van der Waals surface area contributed by atoms with E-state index in [-0.39, 0.29) is 0 Å². The summed E-state index contributed by atoms with van der Waals surface area (Å²) in [6.45, 7) is 2.22. The maximum atomic E-state index is 6.02. The smallest absolute Gasteiger partial charge is 0.0541 e. The molecule has 1 rings (SSSR count). The van der Waals surface area contributed by atoms with Gasteiger partial charge in [-0.1, -0.05) is 43.5 Å². The summed E-state index contributed by atoms with van der Waals surface area (Å²) in [4.78, 5) is 1.21. The van der Waals surface area contributed by atoms with Gasteiger partial charge in [0.1, 0.15) is 0 Å². The lowest BCUT2D eigenvalue weighted by molar-refractivity contribution is 0.778. The van der Waals surface area contributed by atoms with Crippen LogP contribution in [0.2, 0.25) is 5.02 Å². The Bertz CT molecular complexity index is 248. The lowest BCUT2D eigenvalue weighted by Crippen LogP contribution is -1.80. The molecule has 0 nitrogen and oxygen atoms in total. The molecule has 0 radical (unpaired) electrons. The number of unbranched alkanes of at least 4 members (excludes halogenated alkanes) is 2. The average molecular weight is 215 g/mol. The van der Waals surface area contributed by atoms with E-state index in [0.29, 0.717) is 0 Å². The van der Waals surface area contributed by atoms with Crippen molar-refractivity contribution in [2.24, 2.45) is 0 Å². The van der Waals surface area contributed by atoms with E-state index in [1.165, 1.54) is 29.9 Å². The van der Waals surface area contributed by atoms with Crippen LogP contribution in [0.1, 0.15) is 26.2 Å². The molecular weight excluding hydrogens is 200 g/mol. The first kappa shape index (κ1) is 10.9. The van der Waals surface area contributed by atoms with Crippen molar-refractivity contribution in [1.29, 1.82) is 0 Å². The molecule has 0 aromatic heterocycles. The predicted octanol–water partition coefficient (Wildman–Crippen LogP) is 4.62. The van der Waals surface area contributed by atoms with E-state index in [9.17, 15) is 0 Å². The molecule has 0 saturated carbocycles. The molecule has 2 heteroatoms. The van der Waals surface area contributed by atoms with E-state index in [2.05, 4.69) is 13.0 Å². The Morgan fingerprint density at radius 1 is 1.23 bits per heavy atom. The topological polar surface area (TPSA) is 0 Å². The molecule has 1 aromatic rings. The third-order valence-corrected chi connectivity index (χ3v) is 3.44. The molecule has 0 bridgehead atoms. The number of rotatable bonds is 5. The average Bonchev–Trinajstić information content (AvgIpc) is 2.15. The van der Waals surface area contributed by atoms with Crippen molar-refractivity contribution >= 4 is 23.4 Å². The molecule has 0 spiro atoms. The zero-order valence-corrected chi connectivity index (χ0v) is 9.50. The number of hydrogen-bond donors (Lipinski definition) is 0. The molecule has 0 N–H and O–H groups in total. The van der Waals surface area contributed by atoms with Crippen LogP contribution in [0.15, 0.2) is 29.2 Å². The van der Waals surface area contributed by atoms with Crippen LogP contribution in [0.5, 0.6) is 0 Å². The fraction of sp³-hybridized carbons (Fsp3) is 0.455. The highest BCUT2D eigenvalue weighted by atomic mass is 35.5. The molecule has 1 aromatic carbocycles. The second kappa shape index (κ2) is 6.33. The molecule has 0 saturated heterocycles. The largest absolute Gasteiger partial charge is 0.125 e. The number of hydrogen-bond acceptors (Lipinski definition) is 1. The summed E-state index contributed by atoms with van der Waals surface area (Å²) in [5, 5.41) is 0.879. The minimum Gasteiger partial charge on any atom is -0.125 e. The summed E-state index contributed by atoms with van der Waals surface area (Å²) in [5.74, 6) is 1.18. The van der Waals surface area contributed by atoms with Crippen molar-refractivity contribution < 1.29 is 0 Å². The van der Waals surface area contributed by atoms with Crippen LogP contribution < -0.4 is 0 Å². The maximum Gasteiger partial charge on any atom is 0.0541 e. The summed E-state index contributed by atoms with van der Waals surface area (Å²) in [7, 11) is 0. The fourth-order valence-electron chi connectivity index (χ4n) is 1.10. The predicted molar refractivity (Wildman–Crippen MR) is 61.7 cm³/mol. The fourth-order valence-corrected chi connectivity index (χ4v) is 2.34. The number of halogens is 1. The van der Waals surface area contributed by atoms with Crippen molar-refractivity contribution in [2.75, 3.05) is 5.75 Å². The van der Waals surface area contributed by atoms with E-state index >= 15 is 0 Å². The van der Waals surface area contributed by atoms with Gasteiger partial charge in [0.2, 0.25) is 0 Å². The third kappa shape index (κ3) is 4.06. The second-order valence-corrected chi connectivity index (χ2v) is 4.53. The first-order valence-corrected chi connectivity index (χ1v) is 6.08. The first-order chi connectivity index (χ1) is 6.34. The van der Waals surface area contributed by atoms with Crippen LogP contribution in [0.4, 0.5) is 0 Å². The van der Waals surface area contributed by atoms with Gasteiger partial charge in [-0.3, -0.25) is 0 Å². The Hall–Kier alpha value is -0.140. The quantitative estimate of drug-likeness (QED) is 0.509. The third-order valence-electron chi connectivity index (χ3n) is 1.84. The van der Waals surface area contributed by atoms with Gasteiger partial charge in [-0.2, -0.15) is 0 Å². The molecule has 0 aliphatic carbocycles. The zero-order valence-electron chi connectivity index (χ0n) is 7.92. The highest BCUT2D eigenvalue weighted by Gasteiger charge is 1.98. The monoisotopic (exact) mass is 214 g/mol. The maximum absolute atomic E-state index is 6.02. The van der Waals surface area contributed by atoms with E-state index in [1.54, 1.807) is 0 Å². The summed E-state index contributed by atoms with van der Waals surface area (Å²) in [6.07, 6.45) is 3.88. The Morgan fingerprint density at radius 3 is 2.69 bits per heavy atom. The second-order valence-electron chi connectivity index (χ2n) is 2.99. The molecule has 13 heavy (non-hydrogen) atoms. The van der Waals surface area contributed by atoms with Crippen LogP contribution in [0, 0.1) is 0 Å². The van der Waals surface area contributed by atoms with Crippen LogP contribution in [0.25, 0.3) is 0 Å². The highest BCUT2D eigenvalue weighted by molar-refractivity contribution is 7.99. The minimum atomic E-state index is 0.879. The Kier molecular flexibility index (Phi) is 5.33. The van der Waals surface area contributed by atoms with Crippen molar-refractivity contribution in [2.45, 2.75) is 31.1 Å². The van der Waals surface area contributed by atoms with Crippen LogP contribution >= 0.6 is 23.4 Å². The van der Waals surface area contributed by atoms with Gasteiger partial charge in [0.15, 0.2) is 0 Å². The first-order valence-electron chi connectivity index (χ1n) is 4.72. The van der Waals surface area contributed by atoms with Gasteiger partial charge in [0.05, 0.1) is 5.02 Å². The van der Waals surface area contributed by atoms with Crippen LogP contribution in [-0.4, -0.2) is 5.75 Å². The number of benzene rings is 1. The van der Waals surface area contributed by atoms with Gasteiger partial charge in [0.25, 0.3) is 0 Å². The van der Waals surface area contributed by atoms with Crippen molar-refractivity contribution in [3.63, 3.8) is 0 Å². The molecule has 0 unspecified atom stereocenters. The zero-order chi connectivity index (χ0) is 9.52. The normalized spacial score (nSPS) is 10.3. The van der Waals surface area contributed by atoms with Crippen molar-refractivity contribution in [3.05, 3.63) is 29.3 Å². The van der Waals surface area contributed by atoms with Gasteiger partial charge in [0, 0.05) is 4.90 Å². The van der Waals surface area contributed by atoms with E-state index < -0.39 is 0 Å². The molecule has 0 amide bonds. The molecule has 0 aliphatic heterocycles. The number of thioether (sulfide) groups is 1. The standard InChI is InChI=1S/C11H15ClS/c1-2-3-6-9-13-11-8-5-4-7-10(11)12/h4-5,7-8H,2-3,6,9H2,1H3. The molecule has 0 aliphatic rings. The van der Waals surface area contributed by atoms with E-state index in [0.717, 1.165) is 5.02 Å². The van der Waals surface area contributed by atoms with E-state index in [4.69, 9.17) is 11.6 Å². The Balaban J connectivity index is 2.32.